The lowest BCUT2D eigenvalue weighted by molar-refractivity contribution is 0.647. The first kappa shape index (κ1) is 14.0. The minimum Gasteiger partial charge on any atom is -0.389 e. The lowest BCUT2D eigenvalue weighted by Crippen LogP contribution is -2.43. The first-order valence-corrected chi connectivity index (χ1v) is 7.64. The van der Waals surface area contributed by atoms with Crippen molar-refractivity contribution in [2.45, 2.75) is 18.6 Å². The Bertz CT molecular complexity index is 474. The largest absolute Gasteiger partial charge is 0.389 e. The SMILES string of the molecule is CC1(C)CN(c2cc(Cl)ccc2C(N)=S)CCS1. The minimum atomic E-state index is 0.244. The molecule has 2 nitrogen and oxygen atoms in total. The fourth-order valence-corrected chi connectivity index (χ4v) is 3.65. The minimum absolute atomic E-state index is 0.244. The molecule has 0 atom stereocenters. The van der Waals surface area contributed by atoms with Gasteiger partial charge in [0.1, 0.15) is 4.99 Å². The van der Waals surface area contributed by atoms with Crippen LogP contribution in [-0.2, 0) is 0 Å². The molecular formula is C13H17ClN2S2. The number of halogens is 1. The predicted octanol–water partition coefficient (Wildman–Crippen LogP) is 3.31. The van der Waals surface area contributed by atoms with Crippen LogP contribution in [0.4, 0.5) is 5.69 Å². The smallest absolute Gasteiger partial charge is 0.106 e. The third-order valence-corrected chi connectivity index (χ3v) is 4.74. The molecule has 2 N–H and O–H groups in total. The van der Waals surface area contributed by atoms with Crippen molar-refractivity contribution in [1.82, 2.24) is 0 Å². The molecule has 0 bridgehead atoms. The molecule has 0 saturated carbocycles. The van der Waals surface area contributed by atoms with Gasteiger partial charge in [-0.3, -0.25) is 0 Å². The Balaban J connectivity index is 2.37. The third-order valence-electron chi connectivity index (χ3n) is 2.99. The molecule has 2 rings (SSSR count). The van der Waals surface area contributed by atoms with Crippen LogP contribution in [-0.4, -0.2) is 28.6 Å². The van der Waals surface area contributed by atoms with E-state index in [4.69, 9.17) is 29.6 Å². The van der Waals surface area contributed by atoms with E-state index in [-0.39, 0.29) is 4.75 Å². The normalized spacial score (nSPS) is 18.7. The summed E-state index contributed by atoms with van der Waals surface area (Å²) in [6, 6.07) is 5.71. The van der Waals surface area contributed by atoms with Crippen molar-refractivity contribution in [3.63, 3.8) is 0 Å². The number of thioether (sulfide) groups is 1. The first-order chi connectivity index (χ1) is 8.39. The fraction of sp³-hybridized carbons (Fsp3) is 0.462. The summed E-state index contributed by atoms with van der Waals surface area (Å²) in [4.78, 5) is 2.76. The number of benzene rings is 1. The van der Waals surface area contributed by atoms with Gasteiger partial charge in [-0.25, -0.2) is 0 Å². The van der Waals surface area contributed by atoms with E-state index >= 15 is 0 Å². The van der Waals surface area contributed by atoms with Gasteiger partial charge in [0.25, 0.3) is 0 Å². The van der Waals surface area contributed by atoms with Crippen molar-refractivity contribution in [1.29, 1.82) is 0 Å². The highest BCUT2D eigenvalue weighted by molar-refractivity contribution is 8.00. The molecule has 1 aromatic carbocycles. The summed E-state index contributed by atoms with van der Waals surface area (Å²) in [5, 5.41) is 0.723. The molecule has 1 heterocycles. The lowest BCUT2D eigenvalue weighted by atomic mass is 10.1. The number of nitrogens with zero attached hydrogens (tertiary/aromatic N) is 1. The van der Waals surface area contributed by atoms with E-state index in [0.29, 0.717) is 4.99 Å². The van der Waals surface area contributed by atoms with E-state index in [2.05, 4.69) is 18.7 Å². The van der Waals surface area contributed by atoms with Crippen LogP contribution in [0.15, 0.2) is 18.2 Å². The van der Waals surface area contributed by atoms with Gasteiger partial charge in [0.05, 0.1) is 0 Å². The van der Waals surface area contributed by atoms with Gasteiger partial charge in [-0.1, -0.05) is 23.8 Å². The third kappa shape index (κ3) is 3.11. The molecule has 1 aliphatic heterocycles. The lowest BCUT2D eigenvalue weighted by Gasteiger charge is -2.39. The zero-order valence-electron chi connectivity index (χ0n) is 10.6. The summed E-state index contributed by atoms with van der Waals surface area (Å²) < 4.78 is 0.244. The molecule has 98 valence electrons. The van der Waals surface area contributed by atoms with Crippen LogP contribution in [0.2, 0.25) is 5.02 Å². The van der Waals surface area contributed by atoms with Gasteiger partial charge in [0, 0.05) is 39.9 Å². The summed E-state index contributed by atoms with van der Waals surface area (Å²) >= 11 is 13.2. The van der Waals surface area contributed by atoms with Crippen molar-refractivity contribution in [2.24, 2.45) is 5.73 Å². The van der Waals surface area contributed by atoms with Gasteiger partial charge < -0.3 is 10.6 Å². The van der Waals surface area contributed by atoms with Crippen LogP contribution in [0, 0.1) is 0 Å². The van der Waals surface area contributed by atoms with Crippen LogP contribution in [0.25, 0.3) is 0 Å². The Labute approximate surface area is 123 Å². The topological polar surface area (TPSA) is 29.3 Å². The second-order valence-corrected chi connectivity index (χ2v) is 7.73. The summed E-state index contributed by atoms with van der Waals surface area (Å²) in [6.07, 6.45) is 0. The molecule has 1 aromatic rings. The summed E-state index contributed by atoms with van der Waals surface area (Å²) in [6.45, 7) is 6.50. The van der Waals surface area contributed by atoms with Crippen molar-refractivity contribution < 1.29 is 0 Å². The average Bonchev–Trinajstić information content (AvgIpc) is 2.27. The van der Waals surface area contributed by atoms with Gasteiger partial charge >= 0.3 is 0 Å². The van der Waals surface area contributed by atoms with E-state index < -0.39 is 0 Å². The number of hydrogen-bond acceptors (Lipinski definition) is 3. The predicted molar refractivity (Wildman–Crippen MR) is 86.1 cm³/mol. The summed E-state index contributed by atoms with van der Waals surface area (Å²) in [5.74, 6) is 1.11. The van der Waals surface area contributed by atoms with E-state index in [1.54, 1.807) is 0 Å². The van der Waals surface area contributed by atoms with Crippen LogP contribution in [0.1, 0.15) is 19.4 Å². The van der Waals surface area contributed by atoms with Gasteiger partial charge in [-0.2, -0.15) is 11.8 Å². The Morgan fingerprint density at radius 3 is 2.83 bits per heavy atom. The zero-order valence-corrected chi connectivity index (χ0v) is 13.0. The molecule has 0 radical (unpaired) electrons. The maximum atomic E-state index is 6.10. The standard InChI is InChI=1S/C13H17ClN2S2/c1-13(2)8-16(5-6-18-13)11-7-9(14)3-4-10(11)12(15)17/h3-4,7H,5-6,8H2,1-2H3,(H2,15,17). The molecule has 1 fully saturated rings. The number of rotatable bonds is 2. The molecule has 18 heavy (non-hydrogen) atoms. The Morgan fingerprint density at radius 2 is 2.22 bits per heavy atom. The van der Waals surface area contributed by atoms with E-state index in [1.165, 1.54) is 0 Å². The monoisotopic (exact) mass is 300 g/mol. The van der Waals surface area contributed by atoms with Crippen LogP contribution >= 0.6 is 35.6 Å². The van der Waals surface area contributed by atoms with E-state index in [9.17, 15) is 0 Å². The molecule has 0 aliphatic carbocycles. The van der Waals surface area contributed by atoms with Gasteiger partial charge in [-0.15, -0.1) is 0 Å². The number of thiocarbonyl (C=S) groups is 1. The van der Waals surface area contributed by atoms with Crippen molar-refractivity contribution in [3.05, 3.63) is 28.8 Å². The highest BCUT2D eigenvalue weighted by atomic mass is 35.5. The van der Waals surface area contributed by atoms with E-state index in [1.807, 2.05) is 30.0 Å². The number of nitrogens with two attached hydrogens (primary N) is 1. The first-order valence-electron chi connectivity index (χ1n) is 5.87. The number of hydrogen-bond donors (Lipinski definition) is 1. The molecular weight excluding hydrogens is 284 g/mol. The molecule has 0 unspecified atom stereocenters. The Hall–Kier alpha value is -0.450. The van der Waals surface area contributed by atoms with Crippen molar-refractivity contribution >= 4 is 46.3 Å². The number of anilines is 1. The highest BCUT2D eigenvalue weighted by Crippen LogP contribution is 2.34. The molecule has 1 saturated heterocycles. The Morgan fingerprint density at radius 1 is 1.50 bits per heavy atom. The maximum Gasteiger partial charge on any atom is 0.106 e. The second kappa shape index (κ2) is 5.27. The summed E-state index contributed by atoms with van der Waals surface area (Å²) in [5.41, 5.74) is 7.77. The average molecular weight is 301 g/mol. The fourth-order valence-electron chi connectivity index (χ4n) is 2.20. The molecule has 5 heteroatoms. The second-order valence-electron chi connectivity index (χ2n) is 5.06. The molecule has 0 aromatic heterocycles. The van der Waals surface area contributed by atoms with Gasteiger partial charge in [0.2, 0.25) is 0 Å². The summed E-state index contributed by atoms with van der Waals surface area (Å²) in [7, 11) is 0. The molecule has 0 amide bonds. The van der Waals surface area contributed by atoms with E-state index in [0.717, 1.165) is 35.1 Å². The molecule has 0 spiro atoms. The zero-order chi connectivity index (χ0) is 13.3. The maximum absolute atomic E-state index is 6.10. The van der Waals surface area contributed by atoms with Gasteiger partial charge in [-0.05, 0) is 32.0 Å². The van der Waals surface area contributed by atoms with Crippen molar-refractivity contribution in [2.75, 3.05) is 23.7 Å². The highest BCUT2D eigenvalue weighted by Gasteiger charge is 2.28. The quantitative estimate of drug-likeness (QED) is 0.849. The van der Waals surface area contributed by atoms with Crippen molar-refractivity contribution in [3.8, 4) is 0 Å². The van der Waals surface area contributed by atoms with Crippen LogP contribution in [0.3, 0.4) is 0 Å². The van der Waals surface area contributed by atoms with Gasteiger partial charge in [0.15, 0.2) is 0 Å². The van der Waals surface area contributed by atoms with Crippen LogP contribution in [0.5, 0.6) is 0 Å². The Kier molecular flexibility index (Phi) is 4.09. The molecule has 1 aliphatic rings. The van der Waals surface area contributed by atoms with Crippen LogP contribution < -0.4 is 10.6 Å².